The summed E-state index contributed by atoms with van der Waals surface area (Å²) in [7, 11) is 1.62. The van der Waals surface area contributed by atoms with E-state index in [1.807, 2.05) is 6.07 Å². The smallest absolute Gasteiger partial charge is 0.218 e. The van der Waals surface area contributed by atoms with Gasteiger partial charge in [0.2, 0.25) is 5.88 Å². The average molecular weight is 306 g/mol. The normalized spacial score (nSPS) is 13.0. The van der Waals surface area contributed by atoms with Gasteiger partial charge in [-0.15, -0.1) is 0 Å². The molecule has 0 aliphatic heterocycles. The van der Waals surface area contributed by atoms with Crippen LogP contribution in [0.3, 0.4) is 0 Å². The molecule has 1 heterocycles. The van der Waals surface area contributed by atoms with E-state index in [9.17, 15) is 0 Å². The second-order valence-corrected chi connectivity index (χ2v) is 4.65. The first-order valence-corrected chi connectivity index (χ1v) is 5.59. The number of pyridine rings is 1. The zero-order valence-corrected chi connectivity index (χ0v) is 10.8. The molecule has 0 aliphatic rings. The van der Waals surface area contributed by atoms with Gasteiger partial charge >= 0.3 is 0 Å². The van der Waals surface area contributed by atoms with E-state index < -0.39 is 0 Å². The van der Waals surface area contributed by atoms with Crippen LogP contribution < -0.4 is 10.5 Å². The zero-order chi connectivity index (χ0) is 10.7. The average Bonchev–Trinajstić information content (AvgIpc) is 2.16. The first-order chi connectivity index (χ1) is 6.57. The van der Waals surface area contributed by atoms with E-state index in [0.29, 0.717) is 11.8 Å². The topological polar surface area (TPSA) is 48.1 Å². The van der Waals surface area contributed by atoms with Crippen LogP contribution in [0.2, 0.25) is 0 Å². The molecule has 14 heavy (non-hydrogen) atoms. The molecule has 0 saturated heterocycles. The minimum Gasteiger partial charge on any atom is -0.481 e. The van der Waals surface area contributed by atoms with Gasteiger partial charge in [-0.1, -0.05) is 13.8 Å². The highest BCUT2D eigenvalue weighted by molar-refractivity contribution is 14.1. The van der Waals surface area contributed by atoms with E-state index in [2.05, 4.69) is 41.4 Å². The number of rotatable bonds is 3. The molecule has 0 aromatic carbocycles. The third kappa shape index (κ3) is 2.36. The van der Waals surface area contributed by atoms with Gasteiger partial charge in [0, 0.05) is 21.4 Å². The van der Waals surface area contributed by atoms with Gasteiger partial charge in [0.15, 0.2) is 0 Å². The molecule has 1 rings (SSSR count). The van der Waals surface area contributed by atoms with Crippen molar-refractivity contribution in [1.29, 1.82) is 0 Å². The molecule has 0 fully saturated rings. The molecule has 0 amide bonds. The minimum absolute atomic E-state index is 0.0226. The van der Waals surface area contributed by atoms with Crippen molar-refractivity contribution in [1.82, 2.24) is 4.98 Å². The van der Waals surface area contributed by atoms with Gasteiger partial charge in [-0.05, 0) is 34.6 Å². The lowest BCUT2D eigenvalue weighted by Crippen LogP contribution is -2.19. The molecule has 0 spiro atoms. The molecule has 4 heteroatoms. The number of hydrogen-bond acceptors (Lipinski definition) is 3. The third-order valence-electron chi connectivity index (χ3n) is 2.15. The standard InChI is InChI=1S/C10H15IN2O/c1-6(2)9(12)8-7(11)4-5-13-10(8)14-3/h4-6,9H,12H2,1-3H3/t9-/m1/s1. The van der Waals surface area contributed by atoms with Crippen molar-refractivity contribution in [2.45, 2.75) is 19.9 Å². The van der Waals surface area contributed by atoms with Gasteiger partial charge in [-0.25, -0.2) is 4.98 Å². The summed E-state index contributed by atoms with van der Waals surface area (Å²) in [4.78, 5) is 4.15. The van der Waals surface area contributed by atoms with E-state index in [0.717, 1.165) is 9.13 Å². The highest BCUT2D eigenvalue weighted by Gasteiger charge is 2.19. The fraction of sp³-hybridized carbons (Fsp3) is 0.500. The first-order valence-electron chi connectivity index (χ1n) is 4.52. The molecule has 1 atom stereocenters. The molecule has 0 bridgehead atoms. The van der Waals surface area contributed by atoms with Crippen LogP contribution in [0, 0.1) is 9.49 Å². The number of nitrogens with zero attached hydrogens (tertiary/aromatic N) is 1. The van der Waals surface area contributed by atoms with E-state index in [1.165, 1.54) is 0 Å². The number of halogens is 1. The fourth-order valence-electron chi connectivity index (χ4n) is 1.23. The predicted molar refractivity (Wildman–Crippen MR) is 65.3 cm³/mol. The Bertz CT molecular complexity index is 315. The second-order valence-electron chi connectivity index (χ2n) is 3.49. The summed E-state index contributed by atoms with van der Waals surface area (Å²) >= 11 is 2.26. The maximum atomic E-state index is 6.09. The number of ether oxygens (including phenoxy) is 1. The molecular weight excluding hydrogens is 291 g/mol. The van der Waals surface area contributed by atoms with Crippen molar-refractivity contribution in [3.8, 4) is 5.88 Å². The lowest BCUT2D eigenvalue weighted by molar-refractivity contribution is 0.379. The van der Waals surface area contributed by atoms with Crippen molar-refractivity contribution in [3.05, 3.63) is 21.4 Å². The van der Waals surface area contributed by atoms with Crippen LogP contribution >= 0.6 is 22.6 Å². The van der Waals surface area contributed by atoms with Gasteiger partial charge in [0.25, 0.3) is 0 Å². The molecular formula is C10H15IN2O. The Morgan fingerprint density at radius 2 is 2.14 bits per heavy atom. The minimum atomic E-state index is -0.0226. The van der Waals surface area contributed by atoms with Crippen molar-refractivity contribution in [3.63, 3.8) is 0 Å². The molecule has 1 aromatic rings. The van der Waals surface area contributed by atoms with Gasteiger partial charge in [0.1, 0.15) is 0 Å². The largest absolute Gasteiger partial charge is 0.481 e. The highest BCUT2D eigenvalue weighted by atomic mass is 127. The second kappa shape index (κ2) is 4.93. The number of hydrogen-bond donors (Lipinski definition) is 1. The van der Waals surface area contributed by atoms with Crippen LogP contribution in [0.25, 0.3) is 0 Å². The molecule has 3 nitrogen and oxygen atoms in total. The quantitative estimate of drug-likeness (QED) is 0.872. The summed E-state index contributed by atoms with van der Waals surface area (Å²) in [5.41, 5.74) is 7.10. The predicted octanol–water partition coefficient (Wildman–Crippen LogP) is 2.35. The summed E-state index contributed by atoms with van der Waals surface area (Å²) in [6.07, 6.45) is 1.73. The Morgan fingerprint density at radius 1 is 1.50 bits per heavy atom. The number of aromatic nitrogens is 1. The summed E-state index contributed by atoms with van der Waals surface area (Å²) in [5, 5.41) is 0. The molecule has 0 unspecified atom stereocenters. The van der Waals surface area contributed by atoms with Crippen molar-refractivity contribution < 1.29 is 4.74 Å². The van der Waals surface area contributed by atoms with Crippen molar-refractivity contribution in [2.75, 3.05) is 7.11 Å². The summed E-state index contributed by atoms with van der Waals surface area (Å²) in [5.74, 6) is 1.01. The van der Waals surface area contributed by atoms with Crippen LogP contribution in [-0.4, -0.2) is 12.1 Å². The van der Waals surface area contributed by atoms with Gasteiger partial charge in [-0.2, -0.15) is 0 Å². The lowest BCUT2D eigenvalue weighted by Gasteiger charge is -2.19. The van der Waals surface area contributed by atoms with Gasteiger partial charge in [-0.3, -0.25) is 0 Å². The van der Waals surface area contributed by atoms with Crippen molar-refractivity contribution >= 4 is 22.6 Å². The lowest BCUT2D eigenvalue weighted by atomic mass is 9.98. The SMILES string of the molecule is COc1nccc(I)c1[C@H](N)C(C)C. The summed E-state index contributed by atoms with van der Waals surface area (Å²) in [6.45, 7) is 4.18. The van der Waals surface area contributed by atoms with Gasteiger partial charge in [0.05, 0.1) is 7.11 Å². The van der Waals surface area contributed by atoms with E-state index >= 15 is 0 Å². The molecule has 0 aliphatic carbocycles. The Kier molecular flexibility index (Phi) is 4.12. The van der Waals surface area contributed by atoms with E-state index in [1.54, 1.807) is 13.3 Å². The van der Waals surface area contributed by atoms with Crippen LogP contribution in [0.15, 0.2) is 12.3 Å². The maximum Gasteiger partial charge on any atom is 0.218 e. The highest BCUT2D eigenvalue weighted by Crippen LogP contribution is 2.30. The van der Waals surface area contributed by atoms with Crippen LogP contribution in [0.5, 0.6) is 5.88 Å². The molecule has 2 N–H and O–H groups in total. The monoisotopic (exact) mass is 306 g/mol. The molecule has 1 aromatic heterocycles. The molecule has 78 valence electrons. The van der Waals surface area contributed by atoms with E-state index in [-0.39, 0.29) is 6.04 Å². The van der Waals surface area contributed by atoms with Crippen molar-refractivity contribution in [2.24, 2.45) is 11.7 Å². The van der Waals surface area contributed by atoms with Crippen LogP contribution in [0.1, 0.15) is 25.5 Å². The summed E-state index contributed by atoms with van der Waals surface area (Å²) in [6, 6.07) is 1.92. The Balaban J connectivity index is 3.16. The first kappa shape index (κ1) is 11.7. The van der Waals surface area contributed by atoms with Crippen LogP contribution in [-0.2, 0) is 0 Å². The molecule has 0 radical (unpaired) electrons. The fourth-order valence-corrected chi connectivity index (χ4v) is 1.98. The number of nitrogens with two attached hydrogens (primary N) is 1. The van der Waals surface area contributed by atoms with Gasteiger partial charge < -0.3 is 10.5 Å². The Morgan fingerprint density at radius 3 is 2.64 bits per heavy atom. The third-order valence-corrected chi connectivity index (χ3v) is 3.09. The zero-order valence-electron chi connectivity index (χ0n) is 8.62. The summed E-state index contributed by atoms with van der Waals surface area (Å²) < 4.78 is 6.31. The maximum absolute atomic E-state index is 6.09. The van der Waals surface area contributed by atoms with Crippen LogP contribution in [0.4, 0.5) is 0 Å². The van der Waals surface area contributed by atoms with E-state index in [4.69, 9.17) is 10.5 Å². The molecule has 0 saturated carbocycles. The Labute approximate surface area is 98.2 Å². The Hall–Kier alpha value is -0.360. The number of methoxy groups -OCH3 is 1.